The number of hydrogen-bond donors (Lipinski definition) is 3. The zero-order chi connectivity index (χ0) is 20.3. The van der Waals surface area contributed by atoms with E-state index in [2.05, 4.69) is 68.7 Å². The normalized spacial score (nSPS) is 14.2. The largest absolute Gasteiger partial charge is 0.508 e. The molecule has 30 heavy (non-hydrogen) atoms. The van der Waals surface area contributed by atoms with Crippen LogP contribution in [0.3, 0.4) is 0 Å². The van der Waals surface area contributed by atoms with Gasteiger partial charge in [0.05, 0.1) is 24.2 Å². The second kappa shape index (κ2) is 8.08. The molecule has 2 heterocycles. The van der Waals surface area contributed by atoms with Gasteiger partial charge in [-0.1, -0.05) is 24.3 Å². The molecule has 0 aliphatic carbocycles. The Morgan fingerprint density at radius 1 is 0.967 bits per heavy atom. The summed E-state index contributed by atoms with van der Waals surface area (Å²) in [6, 6.07) is 22.1. The Morgan fingerprint density at radius 3 is 2.50 bits per heavy atom. The van der Waals surface area contributed by atoms with Crippen LogP contribution in [-0.2, 0) is 11.3 Å². The summed E-state index contributed by atoms with van der Waals surface area (Å²) in [6.45, 7) is 4.25. The van der Waals surface area contributed by atoms with Crippen LogP contribution in [0.2, 0.25) is 0 Å². The van der Waals surface area contributed by atoms with Crippen molar-refractivity contribution in [3.05, 3.63) is 72.3 Å². The molecule has 0 atom stereocenters. The summed E-state index contributed by atoms with van der Waals surface area (Å²) < 4.78 is 5.42. The number of nitrogens with zero attached hydrogens (tertiary/aromatic N) is 2. The van der Waals surface area contributed by atoms with Crippen LogP contribution in [0.5, 0.6) is 5.75 Å². The van der Waals surface area contributed by atoms with Crippen LogP contribution in [0, 0.1) is 0 Å². The van der Waals surface area contributed by atoms with Gasteiger partial charge in [-0.15, -0.1) is 0 Å². The van der Waals surface area contributed by atoms with Crippen molar-refractivity contribution >= 4 is 22.4 Å². The number of anilines is 2. The zero-order valence-electron chi connectivity index (χ0n) is 16.6. The average molecular weight is 400 g/mol. The van der Waals surface area contributed by atoms with E-state index in [-0.39, 0.29) is 5.75 Å². The minimum absolute atomic E-state index is 0.233. The van der Waals surface area contributed by atoms with Gasteiger partial charge in [0.25, 0.3) is 0 Å². The third-order valence-corrected chi connectivity index (χ3v) is 5.43. The predicted octanol–water partition coefficient (Wildman–Crippen LogP) is 4.38. The van der Waals surface area contributed by atoms with E-state index in [4.69, 9.17) is 4.74 Å². The number of aromatic hydroxyl groups is 1. The van der Waals surface area contributed by atoms with E-state index in [1.54, 1.807) is 12.1 Å². The monoisotopic (exact) mass is 400 g/mol. The molecule has 5 rings (SSSR count). The number of ether oxygens (including phenoxy) is 1. The Kier molecular flexibility index (Phi) is 4.99. The fraction of sp³-hybridized carbons (Fsp3) is 0.208. The molecule has 1 saturated heterocycles. The lowest BCUT2D eigenvalue weighted by atomic mass is 10.1. The van der Waals surface area contributed by atoms with Crippen molar-refractivity contribution in [1.29, 1.82) is 0 Å². The van der Waals surface area contributed by atoms with Gasteiger partial charge in [-0.05, 0) is 42.0 Å². The highest BCUT2D eigenvalue weighted by molar-refractivity contribution is 5.80. The van der Waals surface area contributed by atoms with Gasteiger partial charge in [0.2, 0.25) is 0 Å². The zero-order valence-corrected chi connectivity index (χ0v) is 16.6. The van der Waals surface area contributed by atoms with Gasteiger partial charge in [0, 0.05) is 42.6 Å². The summed E-state index contributed by atoms with van der Waals surface area (Å²) in [4.78, 5) is 10.2. The quantitative estimate of drug-likeness (QED) is 0.464. The average Bonchev–Trinajstić information content (AvgIpc) is 3.22. The lowest BCUT2D eigenvalue weighted by Gasteiger charge is -2.28. The van der Waals surface area contributed by atoms with E-state index in [9.17, 15) is 5.11 Å². The van der Waals surface area contributed by atoms with Crippen molar-refractivity contribution < 1.29 is 9.84 Å². The van der Waals surface area contributed by atoms with Crippen molar-refractivity contribution in [2.75, 3.05) is 36.5 Å². The summed E-state index contributed by atoms with van der Waals surface area (Å²) in [5.41, 5.74) is 6.24. The van der Waals surface area contributed by atoms with E-state index in [0.717, 1.165) is 61.0 Å². The van der Waals surface area contributed by atoms with Gasteiger partial charge >= 0.3 is 0 Å². The molecule has 6 heteroatoms. The SMILES string of the molecule is Oc1ccc2nc(-c3ccc(CNc4ccc(N5CCOCC5)cc4)cc3)[nH]c2c1. The molecule has 0 saturated carbocycles. The van der Waals surface area contributed by atoms with Crippen LogP contribution >= 0.6 is 0 Å². The van der Waals surface area contributed by atoms with Gasteiger partial charge in [-0.2, -0.15) is 0 Å². The van der Waals surface area contributed by atoms with Crippen LogP contribution in [-0.4, -0.2) is 41.4 Å². The van der Waals surface area contributed by atoms with Crippen molar-refractivity contribution in [3.63, 3.8) is 0 Å². The fourth-order valence-electron chi connectivity index (χ4n) is 3.73. The first kappa shape index (κ1) is 18.5. The van der Waals surface area contributed by atoms with Gasteiger partial charge in [0.1, 0.15) is 11.6 Å². The predicted molar refractivity (Wildman–Crippen MR) is 120 cm³/mol. The maximum Gasteiger partial charge on any atom is 0.138 e. The standard InChI is InChI=1S/C24H24N4O2/c29-21-9-10-22-23(15-21)27-24(26-22)18-3-1-17(2-4-18)16-25-19-5-7-20(8-6-19)28-11-13-30-14-12-28/h1-10,15,25,29H,11-14,16H2,(H,26,27). The number of benzene rings is 3. The molecule has 3 N–H and O–H groups in total. The number of phenols is 1. The van der Waals surface area contributed by atoms with Crippen LogP contribution in [0.25, 0.3) is 22.4 Å². The minimum atomic E-state index is 0.233. The van der Waals surface area contributed by atoms with Crippen molar-refractivity contribution in [1.82, 2.24) is 9.97 Å². The first-order valence-electron chi connectivity index (χ1n) is 10.2. The maximum absolute atomic E-state index is 9.62. The van der Waals surface area contributed by atoms with Crippen LogP contribution in [0.4, 0.5) is 11.4 Å². The van der Waals surface area contributed by atoms with E-state index < -0.39 is 0 Å². The molecule has 1 aliphatic rings. The second-order valence-corrected chi connectivity index (χ2v) is 7.48. The summed E-state index contributed by atoms with van der Waals surface area (Å²) in [7, 11) is 0. The number of aromatic amines is 1. The van der Waals surface area contributed by atoms with Crippen molar-refractivity contribution in [2.24, 2.45) is 0 Å². The molecular formula is C24H24N4O2. The number of aromatic nitrogens is 2. The Labute approximate surface area is 175 Å². The van der Waals surface area contributed by atoms with Gasteiger partial charge < -0.3 is 25.0 Å². The van der Waals surface area contributed by atoms with Gasteiger partial charge in [0.15, 0.2) is 0 Å². The smallest absolute Gasteiger partial charge is 0.138 e. The highest BCUT2D eigenvalue weighted by Crippen LogP contribution is 2.24. The Balaban J connectivity index is 1.22. The molecule has 1 aliphatic heterocycles. The first-order chi connectivity index (χ1) is 14.7. The number of rotatable bonds is 5. The summed E-state index contributed by atoms with van der Waals surface area (Å²) in [5, 5.41) is 13.1. The van der Waals surface area contributed by atoms with Gasteiger partial charge in [-0.3, -0.25) is 0 Å². The first-order valence-corrected chi connectivity index (χ1v) is 10.2. The molecule has 152 valence electrons. The number of nitrogens with one attached hydrogen (secondary N) is 2. The molecular weight excluding hydrogens is 376 g/mol. The number of hydrogen-bond acceptors (Lipinski definition) is 5. The molecule has 3 aromatic carbocycles. The molecule has 0 spiro atoms. The number of imidazole rings is 1. The lowest BCUT2D eigenvalue weighted by molar-refractivity contribution is 0.122. The minimum Gasteiger partial charge on any atom is -0.508 e. The van der Waals surface area contributed by atoms with Crippen LogP contribution in [0.15, 0.2) is 66.7 Å². The molecule has 0 radical (unpaired) electrons. The molecule has 1 aromatic heterocycles. The molecule has 1 fully saturated rings. The number of H-pyrrole nitrogens is 1. The Morgan fingerprint density at radius 2 is 1.73 bits per heavy atom. The number of morpholine rings is 1. The van der Waals surface area contributed by atoms with E-state index in [1.807, 2.05) is 6.07 Å². The van der Waals surface area contributed by atoms with E-state index >= 15 is 0 Å². The van der Waals surface area contributed by atoms with Crippen LogP contribution in [0.1, 0.15) is 5.56 Å². The lowest BCUT2D eigenvalue weighted by Crippen LogP contribution is -2.36. The Bertz CT molecular complexity index is 1130. The summed E-state index contributed by atoms with van der Waals surface area (Å²) in [5.74, 6) is 1.03. The Hall–Kier alpha value is -3.51. The summed E-state index contributed by atoms with van der Waals surface area (Å²) >= 11 is 0. The van der Waals surface area contributed by atoms with Crippen molar-refractivity contribution in [3.8, 4) is 17.1 Å². The third kappa shape index (κ3) is 3.95. The van der Waals surface area contributed by atoms with Gasteiger partial charge in [-0.25, -0.2) is 4.98 Å². The second-order valence-electron chi connectivity index (χ2n) is 7.48. The molecule has 0 bridgehead atoms. The topological polar surface area (TPSA) is 73.4 Å². The molecule has 0 unspecified atom stereocenters. The fourth-order valence-corrected chi connectivity index (χ4v) is 3.73. The van der Waals surface area contributed by atoms with E-state index in [1.165, 1.54) is 11.3 Å². The van der Waals surface area contributed by atoms with E-state index in [0.29, 0.717) is 0 Å². The highest BCUT2D eigenvalue weighted by atomic mass is 16.5. The number of phenolic OH excluding ortho intramolecular Hbond substituents is 1. The molecule has 4 aromatic rings. The highest BCUT2D eigenvalue weighted by Gasteiger charge is 2.11. The summed E-state index contributed by atoms with van der Waals surface area (Å²) in [6.07, 6.45) is 0. The third-order valence-electron chi connectivity index (χ3n) is 5.43. The number of fused-ring (bicyclic) bond motifs is 1. The maximum atomic E-state index is 9.62. The van der Waals surface area contributed by atoms with Crippen molar-refractivity contribution in [2.45, 2.75) is 6.54 Å². The van der Waals surface area contributed by atoms with Crippen LogP contribution < -0.4 is 10.2 Å². The molecule has 6 nitrogen and oxygen atoms in total. The molecule has 0 amide bonds.